The van der Waals surface area contributed by atoms with Crippen LogP contribution in [0.2, 0.25) is 10.0 Å². The number of nitrogens with one attached hydrogen (secondary N) is 2. The Bertz CT molecular complexity index is 1150. The predicted octanol–water partition coefficient (Wildman–Crippen LogP) is 5.64. The summed E-state index contributed by atoms with van der Waals surface area (Å²) in [5.74, 6) is 0.617. The summed E-state index contributed by atoms with van der Waals surface area (Å²) in [6, 6.07) is 12.7. The molecule has 0 aliphatic heterocycles. The highest BCUT2D eigenvalue weighted by Gasteiger charge is 2.17. The van der Waals surface area contributed by atoms with E-state index in [2.05, 4.69) is 34.7 Å². The lowest BCUT2D eigenvalue weighted by atomic mass is 10.0. The Morgan fingerprint density at radius 1 is 1.03 bits per heavy atom. The van der Waals surface area contributed by atoms with Gasteiger partial charge in [-0.05, 0) is 42.7 Å². The summed E-state index contributed by atoms with van der Waals surface area (Å²) in [6.07, 6.45) is 0.0373. The first kappa shape index (κ1) is 25.1. The third-order valence-corrected chi connectivity index (χ3v) is 6.53. The van der Waals surface area contributed by atoms with Gasteiger partial charge in [-0.15, -0.1) is 10.2 Å². The van der Waals surface area contributed by atoms with Crippen LogP contribution in [0.3, 0.4) is 0 Å². The first-order valence-electron chi connectivity index (χ1n) is 10.5. The van der Waals surface area contributed by atoms with Gasteiger partial charge in [0.15, 0.2) is 5.16 Å². The lowest BCUT2D eigenvalue weighted by molar-refractivity contribution is -0.116. The molecule has 2 aromatic carbocycles. The van der Waals surface area contributed by atoms with Crippen LogP contribution in [-0.2, 0) is 22.6 Å². The Morgan fingerprint density at radius 2 is 1.79 bits per heavy atom. The second kappa shape index (κ2) is 11.5. The molecule has 3 rings (SSSR count). The quantitative estimate of drug-likeness (QED) is 0.367. The number of hydrogen-bond acceptors (Lipinski definition) is 5. The first-order chi connectivity index (χ1) is 15.8. The van der Waals surface area contributed by atoms with Gasteiger partial charge in [-0.1, -0.05) is 67.0 Å². The number of hydrogen-bond donors (Lipinski definition) is 2. The predicted molar refractivity (Wildman–Crippen MR) is 134 cm³/mol. The highest BCUT2D eigenvalue weighted by atomic mass is 35.5. The number of para-hydroxylation sites is 1. The van der Waals surface area contributed by atoms with Gasteiger partial charge in [-0.2, -0.15) is 0 Å². The molecule has 174 valence electrons. The second-order valence-corrected chi connectivity index (χ2v) is 9.33. The number of carbonyl (C=O) groups excluding carboxylic acids is 2. The molecule has 0 bridgehead atoms. The SMILES string of the molecule is CCn1c(CC(=O)Nc2ccc(Cl)c(Cl)c2)nnc1SCC(=O)Nc1ccccc1C(C)C. The lowest BCUT2D eigenvalue weighted by Gasteiger charge is -2.13. The minimum atomic E-state index is -0.255. The molecule has 33 heavy (non-hydrogen) atoms. The van der Waals surface area contributed by atoms with E-state index >= 15 is 0 Å². The summed E-state index contributed by atoms with van der Waals surface area (Å²) in [5, 5.41) is 15.4. The van der Waals surface area contributed by atoms with Gasteiger partial charge >= 0.3 is 0 Å². The van der Waals surface area contributed by atoms with Crippen molar-refractivity contribution in [2.24, 2.45) is 0 Å². The Labute approximate surface area is 207 Å². The van der Waals surface area contributed by atoms with Gasteiger partial charge in [0.25, 0.3) is 0 Å². The Hall–Kier alpha value is -2.55. The fourth-order valence-corrected chi connectivity index (χ4v) is 4.35. The largest absolute Gasteiger partial charge is 0.326 e. The highest BCUT2D eigenvalue weighted by molar-refractivity contribution is 7.99. The normalized spacial score (nSPS) is 11.0. The fraction of sp³-hybridized carbons (Fsp3) is 0.304. The Morgan fingerprint density at radius 3 is 2.48 bits per heavy atom. The van der Waals surface area contributed by atoms with E-state index < -0.39 is 0 Å². The zero-order chi connectivity index (χ0) is 24.0. The summed E-state index contributed by atoms with van der Waals surface area (Å²) >= 11 is 13.2. The Kier molecular flexibility index (Phi) is 8.77. The van der Waals surface area contributed by atoms with Crippen molar-refractivity contribution in [1.82, 2.24) is 14.8 Å². The van der Waals surface area contributed by atoms with Crippen LogP contribution in [-0.4, -0.2) is 32.3 Å². The average molecular weight is 506 g/mol. The molecule has 0 radical (unpaired) electrons. The molecule has 0 saturated carbocycles. The topological polar surface area (TPSA) is 88.9 Å². The van der Waals surface area contributed by atoms with E-state index in [1.807, 2.05) is 35.8 Å². The van der Waals surface area contributed by atoms with Crippen molar-refractivity contribution in [3.05, 3.63) is 63.9 Å². The van der Waals surface area contributed by atoms with Gasteiger partial charge in [-0.3, -0.25) is 9.59 Å². The molecule has 0 atom stereocenters. The third-order valence-electron chi connectivity index (χ3n) is 4.82. The van der Waals surface area contributed by atoms with E-state index in [0.29, 0.717) is 39.2 Å². The summed E-state index contributed by atoms with van der Waals surface area (Å²) in [6.45, 7) is 6.68. The van der Waals surface area contributed by atoms with Crippen LogP contribution in [0.5, 0.6) is 0 Å². The van der Waals surface area contributed by atoms with Crippen molar-refractivity contribution in [2.45, 2.75) is 44.8 Å². The first-order valence-corrected chi connectivity index (χ1v) is 12.2. The van der Waals surface area contributed by atoms with Gasteiger partial charge in [0.2, 0.25) is 11.8 Å². The number of carbonyl (C=O) groups is 2. The van der Waals surface area contributed by atoms with Gasteiger partial charge in [0.1, 0.15) is 5.82 Å². The number of amides is 2. The molecular formula is C23H25Cl2N5O2S. The monoisotopic (exact) mass is 505 g/mol. The van der Waals surface area contributed by atoms with Crippen LogP contribution in [0.15, 0.2) is 47.6 Å². The highest BCUT2D eigenvalue weighted by Crippen LogP contribution is 2.26. The molecular weight excluding hydrogens is 481 g/mol. The number of halogens is 2. The van der Waals surface area contributed by atoms with Crippen molar-refractivity contribution in [2.75, 3.05) is 16.4 Å². The standard InChI is InChI=1S/C23H25Cl2N5O2S/c1-4-30-20(12-21(31)26-15-9-10-17(24)18(25)11-15)28-29-23(30)33-13-22(32)27-19-8-6-5-7-16(19)14(2)3/h5-11,14H,4,12-13H2,1-3H3,(H,26,31)(H,27,32). The number of thioether (sulfide) groups is 1. The Balaban J connectivity index is 1.60. The number of nitrogens with zero attached hydrogens (tertiary/aromatic N) is 3. The molecule has 0 fully saturated rings. The number of anilines is 2. The maximum atomic E-state index is 12.5. The molecule has 1 aromatic heterocycles. The molecule has 2 N–H and O–H groups in total. The number of benzene rings is 2. The minimum Gasteiger partial charge on any atom is -0.326 e. The summed E-state index contributed by atoms with van der Waals surface area (Å²) in [4.78, 5) is 25.0. The summed E-state index contributed by atoms with van der Waals surface area (Å²) in [7, 11) is 0. The van der Waals surface area contributed by atoms with Crippen LogP contribution in [0.4, 0.5) is 11.4 Å². The van der Waals surface area contributed by atoms with Crippen molar-refractivity contribution in [3.63, 3.8) is 0 Å². The minimum absolute atomic E-state index is 0.0373. The smallest absolute Gasteiger partial charge is 0.234 e. The van der Waals surface area contributed by atoms with Crippen molar-refractivity contribution < 1.29 is 9.59 Å². The maximum Gasteiger partial charge on any atom is 0.234 e. The average Bonchev–Trinajstić information content (AvgIpc) is 3.16. The molecule has 0 aliphatic rings. The van der Waals surface area contributed by atoms with E-state index in [1.54, 1.807) is 18.2 Å². The zero-order valence-electron chi connectivity index (χ0n) is 18.6. The zero-order valence-corrected chi connectivity index (χ0v) is 20.9. The summed E-state index contributed by atoms with van der Waals surface area (Å²) < 4.78 is 1.83. The molecule has 2 amide bonds. The lowest BCUT2D eigenvalue weighted by Crippen LogP contribution is -2.18. The van der Waals surface area contributed by atoms with E-state index in [4.69, 9.17) is 23.2 Å². The van der Waals surface area contributed by atoms with Crippen LogP contribution >= 0.6 is 35.0 Å². The number of rotatable bonds is 9. The van der Waals surface area contributed by atoms with Gasteiger partial charge < -0.3 is 15.2 Å². The molecule has 0 unspecified atom stereocenters. The number of aromatic nitrogens is 3. The molecule has 0 saturated heterocycles. The van der Waals surface area contributed by atoms with Crippen molar-refractivity contribution in [3.8, 4) is 0 Å². The maximum absolute atomic E-state index is 12.5. The van der Waals surface area contributed by atoms with Crippen LogP contribution in [0.25, 0.3) is 0 Å². The van der Waals surface area contributed by atoms with Gasteiger partial charge in [0.05, 0.1) is 22.2 Å². The van der Waals surface area contributed by atoms with Crippen molar-refractivity contribution >= 4 is 58.2 Å². The van der Waals surface area contributed by atoms with Crippen molar-refractivity contribution in [1.29, 1.82) is 0 Å². The molecule has 1 heterocycles. The van der Waals surface area contributed by atoms with Gasteiger partial charge in [-0.25, -0.2) is 0 Å². The fourth-order valence-electron chi connectivity index (χ4n) is 3.23. The van der Waals surface area contributed by atoms with E-state index in [1.165, 1.54) is 11.8 Å². The van der Waals surface area contributed by atoms with Gasteiger partial charge in [0, 0.05) is 17.9 Å². The second-order valence-electron chi connectivity index (χ2n) is 7.58. The van der Waals surface area contributed by atoms with E-state index in [9.17, 15) is 9.59 Å². The molecule has 7 nitrogen and oxygen atoms in total. The van der Waals surface area contributed by atoms with Crippen LogP contribution in [0, 0.1) is 0 Å². The van der Waals surface area contributed by atoms with E-state index in [-0.39, 0.29) is 24.0 Å². The van der Waals surface area contributed by atoms with Crippen LogP contribution < -0.4 is 10.6 Å². The molecule has 0 spiro atoms. The molecule has 3 aromatic rings. The summed E-state index contributed by atoms with van der Waals surface area (Å²) in [5.41, 5.74) is 2.45. The molecule has 10 heteroatoms. The van der Waals surface area contributed by atoms with Crippen LogP contribution in [0.1, 0.15) is 38.1 Å². The molecule has 0 aliphatic carbocycles. The third kappa shape index (κ3) is 6.72. The van der Waals surface area contributed by atoms with E-state index in [0.717, 1.165) is 11.3 Å².